The second-order valence-electron chi connectivity index (χ2n) is 10.3. The topological polar surface area (TPSA) is 92.6 Å². The number of ether oxygens (including phenoxy) is 1. The first-order chi connectivity index (χ1) is 20.4. The van der Waals surface area contributed by atoms with Crippen LogP contribution in [0.4, 0.5) is 32.0 Å². The van der Waals surface area contributed by atoms with E-state index >= 15 is 0 Å². The second-order valence-corrected chi connectivity index (χ2v) is 10.3. The van der Waals surface area contributed by atoms with E-state index in [9.17, 15) is 35.9 Å². The minimum Gasteiger partial charge on any atom is -0.451 e. The Bertz CT molecular complexity index is 1370. The van der Waals surface area contributed by atoms with E-state index in [1.165, 1.54) is 36.4 Å². The maximum Gasteiger partial charge on any atom is 0.573 e. The summed E-state index contributed by atoms with van der Waals surface area (Å²) in [6, 6.07) is 11.6. The standard InChI is InChI=1S/C30H31F6N3O4/c31-29(32,33)21-8-4-7-20(18-21)25-13-14-26(42-25)28(41)39-24(17-19-5-2-1-3-6-19)27(40)38-16-15-37-22-9-11-23(12-10-22)43-30(34,35)36/h4,7-14,18-19,24,37H,1-3,5-6,15-17H2,(H,38,40)(H,39,41)/t24-/m0/s1. The molecule has 1 aromatic heterocycles. The summed E-state index contributed by atoms with van der Waals surface area (Å²) in [6.07, 6.45) is -3.89. The van der Waals surface area contributed by atoms with Crippen LogP contribution in [0.2, 0.25) is 0 Å². The Morgan fingerprint density at radius 1 is 0.907 bits per heavy atom. The molecular weight excluding hydrogens is 580 g/mol. The van der Waals surface area contributed by atoms with Crippen LogP contribution in [0.25, 0.3) is 11.3 Å². The van der Waals surface area contributed by atoms with Gasteiger partial charge in [0.25, 0.3) is 5.91 Å². The van der Waals surface area contributed by atoms with Gasteiger partial charge in [-0.3, -0.25) is 9.59 Å². The highest BCUT2D eigenvalue weighted by molar-refractivity contribution is 5.96. The average Bonchev–Trinajstić information content (AvgIpc) is 3.46. The van der Waals surface area contributed by atoms with Crippen LogP contribution in [-0.2, 0) is 11.0 Å². The van der Waals surface area contributed by atoms with Crippen LogP contribution in [0.1, 0.15) is 54.6 Å². The molecule has 13 heteroatoms. The van der Waals surface area contributed by atoms with Crippen molar-refractivity contribution in [2.75, 3.05) is 18.4 Å². The zero-order valence-electron chi connectivity index (χ0n) is 23.0. The number of nitrogens with one attached hydrogen (secondary N) is 3. The number of furan rings is 1. The monoisotopic (exact) mass is 611 g/mol. The highest BCUT2D eigenvalue weighted by atomic mass is 19.4. The number of carbonyl (C=O) groups excluding carboxylic acids is 2. The Balaban J connectivity index is 1.35. The van der Waals surface area contributed by atoms with Gasteiger partial charge in [-0.2, -0.15) is 13.2 Å². The van der Waals surface area contributed by atoms with E-state index in [1.54, 1.807) is 0 Å². The smallest absolute Gasteiger partial charge is 0.451 e. The van der Waals surface area contributed by atoms with Gasteiger partial charge in [-0.25, -0.2) is 0 Å². The second kappa shape index (κ2) is 13.9. The van der Waals surface area contributed by atoms with Crippen LogP contribution in [0, 0.1) is 5.92 Å². The lowest BCUT2D eigenvalue weighted by Gasteiger charge is -2.26. The SMILES string of the molecule is O=C(N[C@@H](CC1CCCCC1)C(=O)NCCNc1ccc(OC(F)(F)F)cc1)c1ccc(-c2cccc(C(F)(F)F)c2)o1. The summed E-state index contributed by atoms with van der Waals surface area (Å²) in [5.74, 6) is -1.28. The van der Waals surface area contributed by atoms with Crippen molar-refractivity contribution in [3.05, 3.63) is 72.0 Å². The first-order valence-electron chi connectivity index (χ1n) is 13.8. The molecule has 7 nitrogen and oxygen atoms in total. The van der Waals surface area contributed by atoms with Gasteiger partial charge >= 0.3 is 12.5 Å². The van der Waals surface area contributed by atoms with Crippen LogP contribution in [0.15, 0.2) is 65.1 Å². The molecule has 0 radical (unpaired) electrons. The number of amides is 2. The molecule has 1 fully saturated rings. The molecule has 232 valence electrons. The van der Waals surface area contributed by atoms with E-state index in [2.05, 4.69) is 20.7 Å². The quantitative estimate of drug-likeness (QED) is 0.158. The fourth-order valence-corrected chi connectivity index (χ4v) is 4.97. The lowest BCUT2D eigenvalue weighted by Crippen LogP contribution is -2.48. The zero-order chi connectivity index (χ0) is 31.0. The fraction of sp³-hybridized carbons (Fsp3) is 0.400. The molecule has 0 bridgehead atoms. The molecule has 0 spiro atoms. The van der Waals surface area contributed by atoms with Crippen molar-refractivity contribution in [1.82, 2.24) is 10.6 Å². The number of carbonyl (C=O) groups is 2. The van der Waals surface area contributed by atoms with E-state index in [4.69, 9.17) is 4.42 Å². The van der Waals surface area contributed by atoms with E-state index < -0.39 is 36.0 Å². The molecule has 2 amide bonds. The fourth-order valence-electron chi connectivity index (χ4n) is 4.97. The van der Waals surface area contributed by atoms with Gasteiger partial charge < -0.3 is 25.1 Å². The summed E-state index contributed by atoms with van der Waals surface area (Å²) < 4.78 is 85.7. The molecule has 43 heavy (non-hydrogen) atoms. The normalized spacial score (nSPS) is 15.0. The van der Waals surface area contributed by atoms with Crippen molar-refractivity contribution in [1.29, 1.82) is 0 Å². The van der Waals surface area contributed by atoms with Crippen LogP contribution in [0.5, 0.6) is 5.75 Å². The van der Waals surface area contributed by atoms with E-state index in [0.29, 0.717) is 12.1 Å². The average molecular weight is 612 g/mol. The Morgan fingerprint density at radius 3 is 2.30 bits per heavy atom. The van der Waals surface area contributed by atoms with E-state index in [1.807, 2.05) is 0 Å². The van der Waals surface area contributed by atoms with Gasteiger partial charge in [0, 0.05) is 24.3 Å². The molecular formula is C30H31F6N3O4. The minimum absolute atomic E-state index is 0.0774. The molecule has 0 unspecified atom stereocenters. The number of hydrogen-bond donors (Lipinski definition) is 3. The summed E-state index contributed by atoms with van der Waals surface area (Å²) in [5.41, 5.74) is -0.177. The third kappa shape index (κ3) is 9.69. The molecule has 1 aliphatic carbocycles. The Labute approximate surface area is 244 Å². The minimum atomic E-state index is -4.79. The van der Waals surface area contributed by atoms with E-state index in [-0.39, 0.29) is 41.8 Å². The maximum atomic E-state index is 13.1. The molecule has 0 saturated heterocycles. The van der Waals surface area contributed by atoms with Crippen molar-refractivity contribution in [2.24, 2.45) is 5.92 Å². The summed E-state index contributed by atoms with van der Waals surface area (Å²) in [5, 5.41) is 8.46. The summed E-state index contributed by atoms with van der Waals surface area (Å²) in [7, 11) is 0. The molecule has 0 aliphatic heterocycles. The van der Waals surface area contributed by atoms with Crippen molar-refractivity contribution in [3.8, 4) is 17.1 Å². The first kappa shape index (κ1) is 31.8. The third-order valence-electron chi connectivity index (χ3n) is 7.06. The van der Waals surface area contributed by atoms with Crippen molar-refractivity contribution in [2.45, 2.75) is 57.1 Å². The van der Waals surface area contributed by atoms with Gasteiger partial charge in [0.2, 0.25) is 5.91 Å². The molecule has 3 aromatic rings. The van der Waals surface area contributed by atoms with Crippen molar-refractivity contribution in [3.63, 3.8) is 0 Å². The Morgan fingerprint density at radius 2 is 1.63 bits per heavy atom. The number of alkyl halides is 6. The molecule has 3 N–H and O–H groups in total. The summed E-state index contributed by atoms with van der Waals surface area (Å²) in [6.45, 7) is 0.422. The van der Waals surface area contributed by atoms with Crippen LogP contribution in [-0.4, -0.2) is 37.3 Å². The number of anilines is 1. The van der Waals surface area contributed by atoms with Gasteiger partial charge in [-0.05, 0) is 60.9 Å². The molecule has 1 heterocycles. The first-order valence-corrected chi connectivity index (χ1v) is 13.8. The zero-order valence-corrected chi connectivity index (χ0v) is 23.0. The van der Waals surface area contributed by atoms with E-state index in [0.717, 1.165) is 56.4 Å². The Hall–Kier alpha value is -4.16. The third-order valence-corrected chi connectivity index (χ3v) is 7.06. The predicted octanol–water partition coefficient (Wildman–Crippen LogP) is 7.16. The highest BCUT2D eigenvalue weighted by Gasteiger charge is 2.32. The Kier molecular flexibility index (Phi) is 10.3. The van der Waals surface area contributed by atoms with Crippen LogP contribution >= 0.6 is 0 Å². The van der Waals surface area contributed by atoms with Gasteiger partial charge in [0.1, 0.15) is 17.6 Å². The van der Waals surface area contributed by atoms with Gasteiger partial charge in [0.15, 0.2) is 5.76 Å². The molecule has 1 saturated carbocycles. The lowest BCUT2D eigenvalue weighted by atomic mass is 9.84. The van der Waals surface area contributed by atoms with Crippen molar-refractivity contribution >= 4 is 17.5 Å². The van der Waals surface area contributed by atoms with Gasteiger partial charge in [-0.1, -0.05) is 44.2 Å². The molecule has 1 aliphatic rings. The van der Waals surface area contributed by atoms with Crippen LogP contribution in [0.3, 0.4) is 0 Å². The number of benzene rings is 2. The van der Waals surface area contributed by atoms with Gasteiger partial charge in [0.05, 0.1) is 5.56 Å². The largest absolute Gasteiger partial charge is 0.573 e. The lowest BCUT2D eigenvalue weighted by molar-refractivity contribution is -0.274. The van der Waals surface area contributed by atoms with Crippen molar-refractivity contribution < 1.29 is 45.1 Å². The van der Waals surface area contributed by atoms with Crippen LogP contribution < -0.4 is 20.7 Å². The number of halogens is 6. The molecule has 4 rings (SSSR count). The molecule has 2 aromatic carbocycles. The highest BCUT2D eigenvalue weighted by Crippen LogP contribution is 2.33. The maximum absolute atomic E-state index is 13.1. The number of rotatable bonds is 11. The van der Waals surface area contributed by atoms with Gasteiger partial charge in [-0.15, -0.1) is 13.2 Å². The molecule has 1 atom stereocenters. The summed E-state index contributed by atoms with van der Waals surface area (Å²) >= 11 is 0. The number of hydrogen-bond acceptors (Lipinski definition) is 5. The predicted molar refractivity (Wildman–Crippen MR) is 146 cm³/mol. The summed E-state index contributed by atoms with van der Waals surface area (Å²) in [4.78, 5) is 26.2.